The van der Waals surface area contributed by atoms with E-state index in [0.717, 1.165) is 23.7 Å². The largest absolute Gasteiger partial charge is 0.478 e. The van der Waals surface area contributed by atoms with Crippen LogP contribution >= 0.6 is 11.8 Å². The van der Waals surface area contributed by atoms with E-state index in [9.17, 15) is 9.90 Å². The van der Waals surface area contributed by atoms with E-state index < -0.39 is 5.97 Å². The monoisotopic (exact) mass is 604 g/mol. The molecule has 1 aromatic rings. The van der Waals surface area contributed by atoms with Crippen LogP contribution in [0, 0.1) is 45.8 Å². The standard InChI is InChI=1S/C38H56N2O2S/c1-35(2)29(26-7-9-27(10-8-26)34(41)42)13-17-37(4)32(35)15-18-36(3)30-14-19-38(39-20-21-40-22-24-43-25-23-40)16-5-6-31(38)28(30)11-12-33(36)37/h7-10,13,28,30-33,39H,5-6,11-12,14-25H2,1-4H3,(H,41,42). The number of carbonyl (C=O) groups is 1. The number of nitrogens with one attached hydrogen (secondary N) is 1. The molecule has 0 aromatic heterocycles. The van der Waals surface area contributed by atoms with Crippen molar-refractivity contribution < 1.29 is 9.90 Å². The molecule has 5 fully saturated rings. The van der Waals surface area contributed by atoms with Crippen molar-refractivity contribution >= 4 is 23.3 Å². The number of rotatable bonds is 6. The highest BCUT2D eigenvalue weighted by Crippen LogP contribution is 2.72. The average Bonchev–Trinajstić information content (AvgIpc) is 3.42. The van der Waals surface area contributed by atoms with E-state index in [-0.39, 0.29) is 5.41 Å². The third kappa shape index (κ3) is 4.89. The number of benzene rings is 1. The molecule has 1 aromatic carbocycles. The summed E-state index contributed by atoms with van der Waals surface area (Å²) >= 11 is 2.12. The first kappa shape index (κ1) is 30.4. The van der Waals surface area contributed by atoms with Crippen LogP contribution in [-0.2, 0) is 0 Å². The van der Waals surface area contributed by atoms with Gasteiger partial charge in [-0.05, 0) is 127 Å². The van der Waals surface area contributed by atoms with Crippen LogP contribution in [0.5, 0.6) is 0 Å². The van der Waals surface area contributed by atoms with E-state index >= 15 is 0 Å². The number of allylic oxidation sites excluding steroid dienone is 2. The highest BCUT2D eigenvalue weighted by Gasteiger charge is 2.65. The molecular weight excluding hydrogens is 548 g/mol. The molecule has 2 N–H and O–H groups in total. The Hall–Kier alpha value is -1.30. The summed E-state index contributed by atoms with van der Waals surface area (Å²) in [5.74, 6) is 5.92. The summed E-state index contributed by atoms with van der Waals surface area (Å²) in [4.78, 5) is 14.2. The molecular formula is C38H56N2O2S. The predicted octanol–water partition coefficient (Wildman–Crippen LogP) is 8.23. The minimum atomic E-state index is -0.844. The highest BCUT2D eigenvalue weighted by atomic mass is 32.2. The zero-order valence-corrected chi connectivity index (χ0v) is 28.1. The summed E-state index contributed by atoms with van der Waals surface area (Å²) in [6, 6.07) is 7.67. The van der Waals surface area contributed by atoms with Crippen LogP contribution in [0.1, 0.15) is 108 Å². The number of aromatic carboxylic acids is 1. The predicted molar refractivity (Wildman–Crippen MR) is 179 cm³/mol. The molecule has 43 heavy (non-hydrogen) atoms. The van der Waals surface area contributed by atoms with Crippen LogP contribution in [0.2, 0.25) is 0 Å². The van der Waals surface area contributed by atoms with Crippen molar-refractivity contribution in [2.45, 2.75) is 97.4 Å². The molecule has 5 heteroatoms. The third-order valence-electron chi connectivity index (χ3n) is 14.5. The molecule has 1 saturated heterocycles. The van der Waals surface area contributed by atoms with E-state index in [1.807, 2.05) is 12.1 Å². The molecule has 236 valence electrons. The summed E-state index contributed by atoms with van der Waals surface area (Å²) in [6.45, 7) is 15.4. The summed E-state index contributed by atoms with van der Waals surface area (Å²) in [7, 11) is 0. The van der Waals surface area contributed by atoms with Crippen LogP contribution in [-0.4, -0.2) is 59.2 Å². The number of thioether (sulfide) groups is 1. The van der Waals surface area contributed by atoms with E-state index in [1.54, 1.807) is 12.1 Å². The smallest absolute Gasteiger partial charge is 0.335 e. The molecule has 0 amide bonds. The van der Waals surface area contributed by atoms with Gasteiger partial charge in [-0.15, -0.1) is 0 Å². The number of hydrogen-bond donors (Lipinski definition) is 2. The first-order valence-electron chi connectivity index (χ1n) is 17.7. The maximum Gasteiger partial charge on any atom is 0.335 e. The van der Waals surface area contributed by atoms with Gasteiger partial charge in [0, 0.05) is 43.2 Å². The highest BCUT2D eigenvalue weighted by molar-refractivity contribution is 7.99. The molecule has 8 atom stereocenters. The number of carboxylic acid groups (broad SMARTS) is 1. The second kappa shape index (κ2) is 11.2. The fourth-order valence-electron chi connectivity index (χ4n) is 12.7. The van der Waals surface area contributed by atoms with Gasteiger partial charge in [-0.2, -0.15) is 11.8 Å². The number of fused-ring (bicyclic) bond motifs is 7. The van der Waals surface area contributed by atoms with Crippen LogP contribution < -0.4 is 5.32 Å². The molecule has 1 aliphatic heterocycles. The SMILES string of the molecule is CC1(C)C(c2ccc(C(=O)O)cc2)=CCC2(C)C1CCC1(C)C3CCC4(NCCN5CCSCC5)CCCC4C3CCC12. The van der Waals surface area contributed by atoms with Crippen LogP contribution in [0.15, 0.2) is 30.3 Å². The van der Waals surface area contributed by atoms with Gasteiger partial charge in [0.05, 0.1) is 5.56 Å². The quantitative estimate of drug-likeness (QED) is 0.343. The second-order valence-electron chi connectivity index (χ2n) is 16.5. The summed E-state index contributed by atoms with van der Waals surface area (Å²) in [6.07, 6.45) is 16.4. The number of carboxylic acids is 1. The molecule has 4 nitrogen and oxygen atoms in total. The normalized spacial score (nSPS) is 42.2. The van der Waals surface area contributed by atoms with Gasteiger partial charge < -0.3 is 15.3 Å². The average molecular weight is 605 g/mol. The Kier molecular flexibility index (Phi) is 7.90. The Morgan fingerprint density at radius 3 is 2.42 bits per heavy atom. The van der Waals surface area contributed by atoms with Gasteiger partial charge in [-0.25, -0.2) is 4.79 Å². The molecule has 0 bridgehead atoms. The van der Waals surface area contributed by atoms with Gasteiger partial charge >= 0.3 is 5.97 Å². The van der Waals surface area contributed by atoms with Crippen LogP contribution in [0.3, 0.4) is 0 Å². The molecule has 1 heterocycles. The Morgan fingerprint density at radius 2 is 1.67 bits per heavy atom. The molecule has 8 unspecified atom stereocenters. The lowest BCUT2D eigenvalue weighted by atomic mass is 9.37. The van der Waals surface area contributed by atoms with Gasteiger partial charge in [0.25, 0.3) is 0 Å². The minimum absolute atomic E-state index is 0.0834. The first-order chi connectivity index (χ1) is 20.6. The molecule has 6 aliphatic rings. The Morgan fingerprint density at radius 1 is 0.907 bits per heavy atom. The first-order valence-corrected chi connectivity index (χ1v) is 18.8. The Balaban J connectivity index is 1.10. The molecule has 4 saturated carbocycles. The molecule has 7 rings (SSSR count). The Bertz CT molecular complexity index is 1240. The third-order valence-corrected chi connectivity index (χ3v) is 15.5. The second-order valence-corrected chi connectivity index (χ2v) is 17.7. The number of nitrogens with zero attached hydrogens (tertiary/aromatic N) is 1. The van der Waals surface area contributed by atoms with E-state index in [4.69, 9.17) is 0 Å². The van der Waals surface area contributed by atoms with Gasteiger partial charge in [-0.3, -0.25) is 0 Å². The fourth-order valence-corrected chi connectivity index (χ4v) is 13.7. The fraction of sp³-hybridized carbons (Fsp3) is 0.763. The van der Waals surface area contributed by atoms with Crippen molar-refractivity contribution in [3.05, 3.63) is 41.5 Å². The summed E-state index contributed by atoms with van der Waals surface area (Å²) < 4.78 is 0. The van der Waals surface area contributed by atoms with Gasteiger partial charge in [0.1, 0.15) is 0 Å². The summed E-state index contributed by atoms with van der Waals surface area (Å²) in [5, 5.41) is 13.7. The topological polar surface area (TPSA) is 52.6 Å². The van der Waals surface area contributed by atoms with Gasteiger partial charge in [0.15, 0.2) is 0 Å². The van der Waals surface area contributed by atoms with Crippen LogP contribution in [0.4, 0.5) is 0 Å². The zero-order valence-electron chi connectivity index (χ0n) is 27.3. The lowest BCUT2D eigenvalue weighted by Crippen LogP contribution is -2.63. The molecule has 0 radical (unpaired) electrons. The van der Waals surface area contributed by atoms with E-state index in [0.29, 0.717) is 27.9 Å². The van der Waals surface area contributed by atoms with Crippen LogP contribution in [0.25, 0.3) is 5.57 Å². The lowest BCUT2D eigenvalue weighted by Gasteiger charge is -2.68. The van der Waals surface area contributed by atoms with Crippen molar-refractivity contribution in [1.29, 1.82) is 0 Å². The lowest BCUT2D eigenvalue weighted by molar-refractivity contribution is -0.172. The van der Waals surface area contributed by atoms with Gasteiger partial charge in [-0.1, -0.05) is 52.3 Å². The number of hydrogen-bond acceptors (Lipinski definition) is 4. The molecule has 0 spiro atoms. The maximum absolute atomic E-state index is 11.5. The Labute approximate surface area is 265 Å². The van der Waals surface area contributed by atoms with Crippen molar-refractivity contribution in [2.75, 3.05) is 37.7 Å². The van der Waals surface area contributed by atoms with Crippen molar-refractivity contribution in [3.63, 3.8) is 0 Å². The van der Waals surface area contributed by atoms with E-state index in [1.165, 1.54) is 113 Å². The maximum atomic E-state index is 11.5. The van der Waals surface area contributed by atoms with Crippen molar-refractivity contribution in [3.8, 4) is 0 Å². The van der Waals surface area contributed by atoms with Crippen molar-refractivity contribution in [1.82, 2.24) is 10.2 Å². The van der Waals surface area contributed by atoms with Gasteiger partial charge in [0.2, 0.25) is 0 Å². The summed E-state index contributed by atoms with van der Waals surface area (Å²) in [5.41, 5.74) is 4.32. The minimum Gasteiger partial charge on any atom is -0.478 e. The zero-order chi connectivity index (χ0) is 30.0. The van der Waals surface area contributed by atoms with E-state index in [2.05, 4.69) is 55.7 Å². The molecule has 5 aliphatic carbocycles. The van der Waals surface area contributed by atoms with Crippen molar-refractivity contribution in [2.24, 2.45) is 45.8 Å².